The number of hydrogen-bond donors (Lipinski definition) is 0. The minimum atomic E-state index is -0.585. The SMILES string of the molecule is COC(=O)[C@H]1Cc2ccccc2N1C(=O)CCOC[C@H]1CCCO1. The van der Waals surface area contributed by atoms with Gasteiger partial charge in [0, 0.05) is 18.7 Å². The first-order valence-electron chi connectivity index (χ1n) is 8.38. The fraction of sp³-hybridized carbons (Fsp3) is 0.556. The number of ether oxygens (including phenoxy) is 3. The van der Waals surface area contributed by atoms with E-state index in [1.807, 2.05) is 24.3 Å². The van der Waals surface area contributed by atoms with E-state index in [1.165, 1.54) is 7.11 Å². The lowest BCUT2D eigenvalue weighted by molar-refractivity contribution is -0.143. The van der Waals surface area contributed by atoms with E-state index >= 15 is 0 Å². The first kappa shape index (κ1) is 16.9. The van der Waals surface area contributed by atoms with Crippen molar-refractivity contribution in [3.8, 4) is 0 Å². The second kappa shape index (κ2) is 7.77. The Hall–Kier alpha value is -1.92. The van der Waals surface area contributed by atoms with Gasteiger partial charge in [-0.15, -0.1) is 0 Å². The lowest BCUT2D eigenvalue weighted by atomic mass is 10.1. The average Bonchev–Trinajstić information content (AvgIpc) is 3.25. The molecule has 0 aromatic heterocycles. The Morgan fingerprint density at radius 1 is 1.33 bits per heavy atom. The van der Waals surface area contributed by atoms with Gasteiger partial charge in [-0.05, 0) is 24.5 Å². The van der Waals surface area contributed by atoms with E-state index in [2.05, 4.69) is 0 Å². The Morgan fingerprint density at radius 2 is 2.17 bits per heavy atom. The number of esters is 1. The number of fused-ring (bicyclic) bond motifs is 1. The molecule has 0 unspecified atom stereocenters. The van der Waals surface area contributed by atoms with Crippen LogP contribution in [0.25, 0.3) is 0 Å². The molecule has 0 N–H and O–H groups in total. The van der Waals surface area contributed by atoms with Crippen LogP contribution in [-0.4, -0.2) is 51.0 Å². The molecule has 3 rings (SSSR count). The fourth-order valence-corrected chi connectivity index (χ4v) is 3.29. The number of methoxy groups -OCH3 is 1. The summed E-state index contributed by atoms with van der Waals surface area (Å²) >= 11 is 0. The quantitative estimate of drug-likeness (QED) is 0.586. The average molecular weight is 333 g/mol. The fourth-order valence-electron chi connectivity index (χ4n) is 3.29. The van der Waals surface area contributed by atoms with Crippen molar-refractivity contribution in [3.05, 3.63) is 29.8 Å². The molecule has 0 saturated carbocycles. The van der Waals surface area contributed by atoms with Crippen LogP contribution in [0.5, 0.6) is 0 Å². The van der Waals surface area contributed by atoms with Crippen molar-refractivity contribution < 1.29 is 23.8 Å². The maximum Gasteiger partial charge on any atom is 0.329 e. The van der Waals surface area contributed by atoms with Crippen molar-refractivity contribution in [2.45, 2.75) is 37.8 Å². The van der Waals surface area contributed by atoms with Gasteiger partial charge in [-0.2, -0.15) is 0 Å². The number of carbonyl (C=O) groups is 2. The standard InChI is InChI=1S/C18H23NO5/c1-22-18(21)16-11-13-5-2-3-7-15(13)19(16)17(20)8-10-23-12-14-6-4-9-24-14/h2-3,5,7,14,16H,4,6,8-12H2,1H3/t14-,16-/m1/s1. The molecular weight excluding hydrogens is 310 g/mol. The van der Waals surface area contributed by atoms with Gasteiger partial charge in [-0.1, -0.05) is 18.2 Å². The normalized spacial score (nSPS) is 22.5. The highest BCUT2D eigenvalue weighted by Crippen LogP contribution is 2.33. The Bertz CT molecular complexity index is 597. The first-order valence-corrected chi connectivity index (χ1v) is 8.38. The van der Waals surface area contributed by atoms with E-state index in [-0.39, 0.29) is 24.4 Å². The molecule has 1 amide bonds. The molecule has 2 aliphatic heterocycles. The second-order valence-electron chi connectivity index (χ2n) is 6.10. The molecule has 0 bridgehead atoms. The predicted octanol–water partition coefficient (Wildman–Crippen LogP) is 1.70. The molecule has 1 aromatic rings. The number of carbonyl (C=O) groups excluding carboxylic acids is 2. The Labute approximate surface area is 141 Å². The van der Waals surface area contributed by atoms with Gasteiger partial charge in [0.2, 0.25) is 5.91 Å². The van der Waals surface area contributed by atoms with Crippen molar-refractivity contribution in [2.75, 3.05) is 31.8 Å². The van der Waals surface area contributed by atoms with Gasteiger partial charge in [0.1, 0.15) is 6.04 Å². The molecular formula is C18H23NO5. The van der Waals surface area contributed by atoms with Gasteiger partial charge in [-0.25, -0.2) is 4.79 Å². The molecule has 2 heterocycles. The van der Waals surface area contributed by atoms with E-state index in [4.69, 9.17) is 14.2 Å². The number of hydrogen-bond acceptors (Lipinski definition) is 5. The van der Waals surface area contributed by atoms with Gasteiger partial charge in [0.05, 0.1) is 32.8 Å². The number of rotatable bonds is 6. The van der Waals surface area contributed by atoms with Gasteiger partial charge in [-0.3, -0.25) is 9.69 Å². The summed E-state index contributed by atoms with van der Waals surface area (Å²) in [6.07, 6.45) is 2.95. The van der Waals surface area contributed by atoms with Crippen LogP contribution >= 0.6 is 0 Å². The molecule has 0 spiro atoms. The van der Waals surface area contributed by atoms with Crippen LogP contribution in [0.4, 0.5) is 5.69 Å². The molecule has 6 nitrogen and oxygen atoms in total. The number of amides is 1. The molecule has 130 valence electrons. The lowest BCUT2D eigenvalue weighted by Crippen LogP contribution is -2.43. The van der Waals surface area contributed by atoms with E-state index in [1.54, 1.807) is 4.90 Å². The Balaban J connectivity index is 1.59. The summed E-state index contributed by atoms with van der Waals surface area (Å²) in [7, 11) is 1.35. The van der Waals surface area contributed by atoms with Crippen molar-refractivity contribution in [3.63, 3.8) is 0 Å². The number of nitrogens with zero attached hydrogens (tertiary/aromatic N) is 1. The molecule has 0 radical (unpaired) electrons. The van der Waals surface area contributed by atoms with Crippen LogP contribution in [-0.2, 0) is 30.2 Å². The highest BCUT2D eigenvalue weighted by Gasteiger charge is 2.38. The molecule has 6 heteroatoms. The highest BCUT2D eigenvalue weighted by molar-refractivity contribution is 6.02. The Morgan fingerprint density at radius 3 is 2.92 bits per heavy atom. The van der Waals surface area contributed by atoms with Crippen LogP contribution < -0.4 is 4.90 Å². The minimum absolute atomic E-state index is 0.123. The summed E-state index contributed by atoms with van der Waals surface area (Å²) in [4.78, 5) is 26.2. The molecule has 24 heavy (non-hydrogen) atoms. The molecule has 1 fully saturated rings. The monoisotopic (exact) mass is 333 g/mol. The predicted molar refractivity (Wildman–Crippen MR) is 87.8 cm³/mol. The van der Waals surface area contributed by atoms with E-state index < -0.39 is 6.04 Å². The molecule has 1 saturated heterocycles. The second-order valence-corrected chi connectivity index (χ2v) is 6.10. The number of anilines is 1. The molecule has 2 atom stereocenters. The van der Waals surface area contributed by atoms with Gasteiger partial charge >= 0.3 is 5.97 Å². The summed E-state index contributed by atoms with van der Waals surface area (Å²) in [5.41, 5.74) is 1.78. The minimum Gasteiger partial charge on any atom is -0.467 e. The van der Waals surface area contributed by atoms with Crippen molar-refractivity contribution >= 4 is 17.6 Å². The van der Waals surface area contributed by atoms with Gasteiger partial charge in [0.15, 0.2) is 0 Å². The van der Waals surface area contributed by atoms with Gasteiger partial charge in [0.25, 0.3) is 0 Å². The number of para-hydroxylation sites is 1. The van der Waals surface area contributed by atoms with Crippen molar-refractivity contribution in [2.24, 2.45) is 0 Å². The topological polar surface area (TPSA) is 65.1 Å². The van der Waals surface area contributed by atoms with Crippen LogP contribution in [0, 0.1) is 0 Å². The maximum absolute atomic E-state index is 12.6. The van der Waals surface area contributed by atoms with Crippen molar-refractivity contribution in [1.82, 2.24) is 0 Å². The Kier molecular flexibility index (Phi) is 5.48. The molecule has 0 aliphatic carbocycles. The zero-order valence-corrected chi connectivity index (χ0v) is 13.9. The maximum atomic E-state index is 12.6. The third kappa shape index (κ3) is 3.60. The first-order chi connectivity index (χ1) is 11.7. The summed E-state index contributed by atoms with van der Waals surface area (Å²) in [5.74, 6) is -0.512. The smallest absolute Gasteiger partial charge is 0.329 e. The number of benzene rings is 1. The molecule has 1 aromatic carbocycles. The van der Waals surface area contributed by atoms with E-state index in [0.29, 0.717) is 19.6 Å². The summed E-state index contributed by atoms with van der Waals surface area (Å²) < 4.78 is 15.9. The zero-order chi connectivity index (χ0) is 16.9. The summed E-state index contributed by atoms with van der Waals surface area (Å²) in [5, 5.41) is 0. The summed E-state index contributed by atoms with van der Waals surface area (Å²) in [6, 6.07) is 6.99. The summed E-state index contributed by atoms with van der Waals surface area (Å²) in [6.45, 7) is 1.63. The third-order valence-electron chi connectivity index (χ3n) is 4.51. The highest BCUT2D eigenvalue weighted by atomic mass is 16.5. The lowest BCUT2D eigenvalue weighted by Gasteiger charge is -2.23. The largest absolute Gasteiger partial charge is 0.467 e. The van der Waals surface area contributed by atoms with Crippen LogP contribution in [0.15, 0.2) is 24.3 Å². The molecule has 2 aliphatic rings. The zero-order valence-electron chi connectivity index (χ0n) is 13.9. The van der Waals surface area contributed by atoms with E-state index in [9.17, 15) is 9.59 Å². The van der Waals surface area contributed by atoms with Gasteiger partial charge < -0.3 is 14.2 Å². The van der Waals surface area contributed by atoms with Crippen LogP contribution in [0.2, 0.25) is 0 Å². The van der Waals surface area contributed by atoms with Crippen LogP contribution in [0.1, 0.15) is 24.8 Å². The van der Waals surface area contributed by atoms with Crippen molar-refractivity contribution in [1.29, 1.82) is 0 Å². The van der Waals surface area contributed by atoms with Crippen LogP contribution in [0.3, 0.4) is 0 Å². The third-order valence-corrected chi connectivity index (χ3v) is 4.51. The van der Waals surface area contributed by atoms with E-state index in [0.717, 1.165) is 30.7 Å².